The largest absolute Gasteiger partial charge is 0.378 e. The van der Waals surface area contributed by atoms with Gasteiger partial charge in [0, 0.05) is 17.3 Å². The summed E-state index contributed by atoms with van der Waals surface area (Å²) < 4.78 is 6.47. The molecule has 3 nitrogen and oxygen atoms in total. The first-order valence-corrected chi connectivity index (χ1v) is 5.54. The van der Waals surface area contributed by atoms with Crippen LogP contribution in [0.4, 0.5) is 5.69 Å². The van der Waals surface area contributed by atoms with Gasteiger partial charge in [0.25, 0.3) is 0 Å². The molecule has 1 aromatic heterocycles. The Bertz CT molecular complexity index is 319. The Morgan fingerprint density at radius 1 is 1.57 bits per heavy atom. The molecule has 0 bridgehead atoms. The third kappa shape index (κ3) is 2.25. The highest BCUT2D eigenvalue weighted by Gasteiger charge is 2.23. The van der Waals surface area contributed by atoms with Crippen molar-refractivity contribution in [1.29, 1.82) is 0 Å². The summed E-state index contributed by atoms with van der Waals surface area (Å²) in [5, 5.41) is 3.41. The average Bonchev–Trinajstić information content (AvgIpc) is 2.52. The highest BCUT2D eigenvalue weighted by atomic mass is 79.9. The van der Waals surface area contributed by atoms with E-state index in [0.717, 1.165) is 23.2 Å². The lowest BCUT2D eigenvalue weighted by Crippen LogP contribution is -2.26. The Labute approximate surface area is 92.0 Å². The molecule has 2 heterocycles. The number of halogens is 1. The van der Waals surface area contributed by atoms with Gasteiger partial charge in [-0.05, 0) is 35.3 Å². The van der Waals surface area contributed by atoms with Crippen LogP contribution < -0.4 is 5.32 Å². The number of rotatable bonds is 2. The van der Waals surface area contributed by atoms with E-state index in [4.69, 9.17) is 4.74 Å². The molecule has 0 aromatic carbocycles. The number of anilines is 1. The van der Waals surface area contributed by atoms with Gasteiger partial charge in [-0.1, -0.05) is 0 Å². The number of ether oxygens (including phenoxy) is 1. The summed E-state index contributed by atoms with van der Waals surface area (Å²) in [6.07, 6.45) is 4.96. The van der Waals surface area contributed by atoms with E-state index >= 15 is 0 Å². The van der Waals surface area contributed by atoms with Gasteiger partial charge in [-0.15, -0.1) is 0 Å². The van der Waals surface area contributed by atoms with Crippen LogP contribution in [0.3, 0.4) is 0 Å². The van der Waals surface area contributed by atoms with Crippen LogP contribution in [0.5, 0.6) is 0 Å². The molecule has 14 heavy (non-hydrogen) atoms. The summed E-state index contributed by atoms with van der Waals surface area (Å²) in [4.78, 5) is 4.10. The minimum atomic E-state index is 0.286. The molecule has 1 fully saturated rings. The molecule has 0 radical (unpaired) electrons. The van der Waals surface area contributed by atoms with E-state index in [1.807, 2.05) is 12.3 Å². The molecule has 1 aliphatic heterocycles. The second kappa shape index (κ2) is 4.28. The Hall–Kier alpha value is -0.610. The van der Waals surface area contributed by atoms with Crippen molar-refractivity contribution in [1.82, 2.24) is 4.98 Å². The predicted octanol–water partition coefficient (Wildman–Crippen LogP) is 2.43. The lowest BCUT2D eigenvalue weighted by molar-refractivity contribution is 0.121. The zero-order valence-electron chi connectivity index (χ0n) is 8.03. The van der Waals surface area contributed by atoms with Crippen LogP contribution in [0.1, 0.15) is 13.3 Å². The van der Waals surface area contributed by atoms with E-state index in [1.165, 1.54) is 0 Å². The molecular weight excluding hydrogens is 244 g/mol. The van der Waals surface area contributed by atoms with E-state index in [2.05, 4.69) is 33.2 Å². The van der Waals surface area contributed by atoms with E-state index < -0.39 is 0 Å². The van der Waals surface area contributed by atoms with Crippen molar-refractivity contribution in [3.63, 3.8) is 0 Å². The van der Waals surface area contributed by atoms with Gasteiger partial charge in [0.15, 0.2) is 0 Å². The number of hydrogen-bond acceptors (Lipinski definition) is 3. The second-order valence-electron chi connectivity index (χ2n) is 3.51. The lowest BCUT2D eigenvalue weighted by Gasteiger charge is -2.16. The quantitative estimate of drug-likeness (QED) is 0.883. The molecule has 4 heteroatoms. The molecule has 1 aliphatic rings. The Kier molecular flexibility index (Phi) is 3.03. The predicted molar refractivity (Wildman–Crippen MR) is 59.4 cm³/mol. The maximum atomic E-state index is 5.47. The summed E-state index contributed by atoms with van der Waals surface area (Å²) in [6.45, 7) is 2.94. The monoisotopic (exact) mass is 256 g/mol. The number of pyridine rings is 1. The Morgan fingerprint density at radius 3 is 3.07 bits per heavy atom. The fraction of sp³-hybridized carbons (Fsp3) is 0.500. The van der Waals surface area contributed by atoms with Gasteiger partial charge in [0.2, 0.25) is 0 Å². The first-order chi connectivity index (χ1) is 6.75. The van der Waals surface area contributed by atoms with E-state index in [-0.39, 0.29) is 6.10 Å². The smallest absolute Gasteiger partial charge is 0.0748 e. The van der Waals surface area contributed by atoms with Crippen molar-refractivity contribution < 1.29 is 4.74 Å². The zero-order chi connectivity index (χ0) is 9.97. The average molecular weight is 257 g/mol. The fourth-order valence-electron chi connectivity index (χ4n) is 1.63. The SMILES string of the molecule is CC1OCCC1Nc1cncc(Br)c1. The summed E-state index contributed by atoms with van der Waals surface area (Å²) >= 11 is 3.39. The van der Waals surface area contributed by atoms with Crippen LogP contribution >= 0.6 is 15.9 Å². The van der Waals surface area contributed by atoms with Crippen molar-refractivity contribution in [2.75, 3.05) is 11.9 Å². The van der Waals surface area contributed by atoms with Crippen LogP contribution in [-0.2, 0) is 4.74 Å². The van der Waals surface area contributed by atoms with Gasteiger partial charge in [-0.25, -0.2) is 0 Å². The molecule has 2 unspecified atom stereocenters. The summed E-state index contributed by atoms with van der Waals surface area (Å²) in [5.74, 6) is 0. The molecule has 0 spiro atoms. The van der Waals surface area contributed by atoms with Crippen LogP contribution in [0, 0.1) is 0 Å². The molecule has 0 saturated carbocycles. The second-order valence-corrected chi connectivity index (χ2v) is 4.42. The minimum Gasteiger partial charge on any atom is -0.378 e. The van der Waals surface area contributed by atoms with Crippen molar-refractivity contribution in [3.8, 4) is 0 Å². The normalized spacial score (nSPS) is 26.4. The molecular formula is C10H13BrN2O. The number of hydrogen-bond donors (Lipinski definition) is 1. The lowest BCUT2D eigenvalue weighted by atomic mass is 10.1. The van der Waals surface area contributed by atoms with Gasteiger partial charge in [-0.3, -0.25) is 4.98 Å². The first-order valence-electron chi connectivity index (χ1n) is 4.74. The molecule has 1 aromatic rings. The molecule has 2 rings (SSSR count). The van der Waals surface area contributed by atoms with Crippen LogP contribution in [0.2, 0.25) is 0 Å². The number of aromatic nitrogens is 1. The van der Waals surface area contributed by atoms with Crippen molar-refractivity contribution in [2.45, 2.75) is 25.5 Å². The van der Waals surface area contributed by atoms with Gasteiger partial charge in [0.05, 0.1) is 24.0 Å². The maximum absolute atomic E-state index is 5.47. The van der Waals surface area contributed by atoms with Crippen molar-refractivity contribution >= 4 is 21.6 Å². The Morgan fingerprint density at radius 2 is 2.43 bits per heavy atom. The topological polar surface area (TPSA) is 34.1 Å². The van der Waals surface area contributed by atoms with Gasteiger partial charge in [-0.2, -0.15) is 0 Å². The van der Waals surface area contributed by atoms with Crippen molar-refractivity contribution in [2.24, 2.45) is 0 Å². The maximum Gasteiger partial charge on any atom is 0.0748 e. The fourth-order valence-corrected chi connectivity index (χ4v) is 1.99. The summed E-state index contributed by atoms with van der Waals surface area (Å²) in [7, 11) is 0. The first kappa shape index (κ1) is 9.93. The third-order valence-corrected chi connectivity index (χ3v) is 2.87. The highest BCUT2D eigenvalue weighted by molar-refractivity contribution is 9.10. The molecule has 0 amide bonds. The summed E-state index contributed by atoms with van der Waals surface area (Å²) in [6, 6.07) is 2.43. The van der Waals surface area contributed by atoms with Crippen LogP contribution in [-0.4, -0.2) is 23.7 Å². The number of nitrogens with zero attached hydrogens (tertiary/aromatic N) is 1. The van der Waals surface area contributed by atoms with Gasteiger partial charge < -0.3 is 10.1 Å². The molecule has 2 atom stereocenters. The van der Waals surface area contributed by atoms with Crippen molar-refractivity contribution in [3.05, 3.63) is 22.9 Å². The number of nitrogens with one attached hydrogen (secondary N) is 1. The highest BCUT2D eigenvalue weighted by Crippen LogP contribution is 2.20. The molecule has 1 saturated heterocycles. The van der Waals surface area contributed by atoms with E-state index in [0.29, 0.717) is 6.04 Å². The summed E-state index contributed by atoms with van der Waals surface area (Å²) in [5.41, 5.74) is 1.04. The van der Waals surface area contributed by atoms with E-state index in [1.54, 1.807) is 6.20 Å². The molecule has 1 N–H and O–H groups in total. The molecule has 76 valence electrons. The molecule has 0 aliphatic carbocycles. The van der Waals surface area contributed by atoms with Gasteiger partial charge in [0.1, 0.15) is 0 Å². The minimum absolute atomic E-state index is 0.286. The Balaban J connectivity index is 2.03. The standard InChI is InChI=1S/C10H13BrN2O/c1-7-10(2-3-14-7)13-9-4-8(11)5-12-6-9/h4-7,10,13H,2-3H2,1H3. The van der Waals surface area contributed by atoms with Gasteiger partial charge >= 0.3 is 0 Å². The van der Waals surface area contributed by atoms with E-state index in [9.17, 15) is 0 Å². The van der Waals surface area contributed by atoms with Crippen LogP contribution in [0.25, 0.3) is 0 Å². The third-order valence-electron chi connectivity index (χ3n) is 2.43. The van der Waals surface area contributed by atoms with Crippen LogP contribution in [0.15, 0.2) is 22.9 Å². The zero-order valence-corrected chi connectivity index (χ0v) is 9.62.